The first-order chi connectivity index (χ1) is 15.9. The molecule has 174 valence electrons. The van der Waals surface area contributed by atoms with E-state index < -0.39 is 0 Å². The molecule has 8 nitrogen and oxygen atoms in total. The lowest BCUT2D eigenvalue weighted by atomic mass is 10.1. The van der Waals surface area contributed by atoms with Crippen molar-refractivity contribution in [1.82, 2.24) is 4.68 Å². The zero-order valence-electron chi connectivity index (χ0n) is 19.3. The standard InChI is InChI=1S/C24H27N3O5S/c1-15(2)12-25-24-27(26-13-16-7-8-20(29-3)19(28)9-16)18(14-33-24)17-10-21(30-4)23(32-6)22(11-17)31-5/h7-11,13-14,28H,1,12H2,2-6H3. The molecule has 0 spiro atoms. The molecular weight excluding hydrogens is 442 g/mol. The fraction of sp³-hybridized carbons (Fsp3) is 0.250. The van der Waals surface area contributed by atoms with Gasteiger partial charge in [-0.25, -0.2) is 4.68 Å². The lowest BCUT2D eigenvalue weighted by Crippen LogP contribution is -2.13. The van der Waals surface area contributed by atoms with Crippen LogP contribution in [-0.4, -0.2) is 51.0 Å². The molecule has 1 N–H and O–H groups in total. The van der Waals surface area contributed by atoms with Gasteiger partial charge in [0.1, 0.15) is 0 Å². The summed E-state index contributed by atoms with van der Waals surface area (Å²) < 4.78 is 23.3. The number of benzene rings is 2. The third kappa shape index (κ3) is 5.38. The first kappa shape index (κ1) is 23.9. The predicted octanol–water partition coefficient (Wildman–Crippen LogP) is 4.32. The van der Waals surface area contributed by atoms with Crippen molar-refractivity contribution in [1.29, 1.82) is 0 Å². The largest absolute Gasteiger partial charge is 0.504 e. The molecular formula is C24H27N3O5S. The van der Waals surface area contributed by atoms with Crippen LogP contribution in [0.15, 0.2) is 58.0 Å². The molecule has 0 fully saturated rings. The summed E-state index contributed by atoms with van der Waals surface area (Å²) in [5.74, 6) is 2.01. The maximum atomic E-state index is 10.1. The van der Waals surface area contributed by atoms with E-state index in [-0.39, 0.29) is 5.75 Å². The minimum Gasteiger partial charge on any atom is -0.504 e. The molecule has 0 aliphatic heterocycles. The van der Waals surface area contributed by atoms with E-state index in [1.54, 1.807) is 50.4 Å². The van der Waals surface area contributed by atoms with Crippen molar-refractivity contribution in [2.45, 2.75) is 6.92 Å². The molecule has 33 heavy (non-hydrogen) atoms. The quantitative estimate of drug-likeness (QED) is 0.373. The molecule has 0 saturated carbocycles. The van der Waals surface area contributed by atoms with Crippen LogP contribution < -0.4 is 23.7 Å². The summed E-state index contributed by atoms with van der Waals surface area (Å²) in [5, 5.41) is 16.7. The predicted molar refractivity (Wildman–Crippen MR) is 130 cm³/mol. The first-order valence-corrected chi connectivity index (χ1v) is 10.9. The highest BCUT2D eigenvalue weighted by Crippen LogP contribution is 2.41. The minimum atomic E-state index is 0.0359. The number of nitrogens with zero attached hydrogens (tertiary/aromatic N) is 3. The molecule has 2 aromatic carbocycles. The van der Waals surface area contributed by atoms with Crippen molar-refractivity contribution < 1.29 is 24.1 Å². The molecule has 0 saturated heterocycles. The Balaban J connectivity index is 2.15. The Labute approximate surface area is 196 Å². The van der Waals surface area contributed by atoms with Gasteiger partial charge in [-0.3, -0.25) is 4.99 Å². The van der Waals surface area contributed by atoms with Gasteiger partial charge in [-0.2, -0.15) is 5.10 Å². The average Bonchev–Trinajstić information content (AvgIpc) is 3.23. The van der Waals surface area contributed by atoms with Gasteiger partial charge in [0.2, 0.25) is 10.6 Å². The zero-order chi connectivity index (χ0) is 24.0. The van der Waals surface area contributed by atoms with E-state index in [9.17, 15) is 5.11 Å². The summed E-state index contributed by atoms with van der Waals surface area (Å²) in [6.45, 7) is 6.33. The van der Waals surface area contributed by atoms with Crippen LogP contribution in [0.5, 0.6) is 28.7 Å². The highest BCUT2D eigenvalue weighted by Gasteiger charge is 2.17. The molecule has 9 heteroatoms. The third-order valence-electron chi connectivity index (χ3n) is 4.66. The second kappa shape index (κ2) is 10.7. The van der Waals surface area contributed by atoms with Crippen molar-refractivity contribution in [3.63, 3.8) is 0 Å². The van der Waals surface area contributed by atoms with Gasteiger partial charge in [0.05, 0.1) is 46.9 Å². The number of ether oxygens (including phenoxy) is 4. The van der Waals surface area contributed by atoms with E-state index in [0.29, 0.717) is 39.9 Å². The van der Waals surface area contributed by atoms with E-state index in [2.05, 4.69) is 16.7 Å². The van der Waals surface area contributed by atoms with Crippen molar-refractivity contribution in [2.75, 3.05) is 35.0 Å². The van der Waals surface area contributed by atoms with E-state index in [1.807, 2.05) is 24.4 Å². The third-order valence-corrected chi connectivity index (χ3v) is 5.51. The summed E-state index contributed by atoms with van der Waals surface area (Å²) >= 11 is 1.45. The number of aromatic hydroxyl groups is 1. The molecule has 3 rings (SSSR count). The molecule has 0 aliphatic rings. The molecule has 1 heterocycles. The molecule has 0 atom stereocenters. The Morgan fingerprint density at radius 1 is 1.03 bits per heavy atom. The van der Waals surface area contributed by atoms with Gasteiger partial charge in [0.15, 0.2) is 23.0 Å². The van der Waals surface area contributed by atoms with Crippen LogP contribution in [0, 0.1) is 0 Å². The Morgan fingerprint density at radius 2 is 1.70 bits per heavy atom. The zero-order valence-corrected chi connectivity index (χ0v) is 20.1. The van der Waals surface area contributed by atoms with Crippen LogP contribution in [0.3, 0.4) is 0 Å². The molecule has 0 bridgehead atoms. The van der Waals surface area contributed by atoms with Crippen LogP contribution >= 0.6 is 11.3 Å². The number of aromatic nitrogens is 1. The van der Waals surface area contributed by atoms with E-state index in [1.165, 1.54) is 18.4 Å². The SMILES string of the molecule is C=C(C)CN=c1scc(-c2cc(OC)c(OC)c(OC)c2)n1N=Cc1ccc(OC)c(O)c1. The number of phenolic OH excluding ortho intramolecular Hbond substituents is 1. The first-order valence-electron chi connectivity index (χ1n) is 9.99. The van der Waals surface area contributed by atoms with Gasteiger partial charge < -0.3 is 24.1 Å². The molecule has 0 amide bonds. The van der Waals surface area contributed by atoms with Crippen molar-refractivity contribution in [3.8, 4) is 40.0 Å². The second-order valence-electron chi connectivity index (χ2n) is 7.08. The Morgan fingerprint density at radius 3 is 2.24 bits per heavy atom. The summed E-state index contributed by atoms with van der Waals surface area (Å²) in [6.07, 6.45) is 1.65. The smallest absolute Gasteiger partial charge is 0.206 e. The van der Waals surface area contributed by atoms with Crippen LogP contribution in [0.4, 0.5) is 0 Å². The highest BCUT2D eigenvalue weighted by molar-refractivity contribution is 7.07. The number of thiazole rings is 1. The minimum absolute atomic E-state index is 0.0359. The van der Waals surface area contributed by atoms with E-state index >= 15 is 0 Å². The lowest BCUT2D eigenvalue weighted by molar-refractivity contribution is 0.324. The van der Waals surface area contributed by atoms with Crippen LogP contribution in [-0.2, 0) is 0 Å². The van der Waals surface area contributed by atoms with Gasteiger partial charge in [-0.1, -0.05) is 12.2 Å². The van der Waals surface area contributed by atoms with Gasteiger partial charge >= 0.3 is 0 Å². The second-order valence-corrected chi connectivity index (χ2v) is 7.92. The Hall–Kier alpha value is -3.72. The maximum Gasteiger partial charge on any atom is 0.206 e. The van der Waals surface area contributed by atoms with Gasteiger partial charge in [-0.15, -0.1) is 11.3 Å². The highest BCUT2D eigenvalue weighted by atomic mass is 32.1. The monoisotopic (exact) mass is 469 g/mol. The summed E-state index contributed by atoms with van der Waals surface area (Å²) in [7, 11) is 6.21. The number of hydrogen-bond donors (Lipinski definition) is 1. The number of rotatable bonds is 9. The fourth-order valence-electron chi connectivity index (χ4n) is 3.06. The van der Waals surface area contributed by atoms with Gasteiger partial charge in [0, 0.05) is 10.9 Å². The maximum absolute atomic E-state index is 10.1. The topological polar surface area (TPSA) is 86.8 Å². The summed E-state index contributed by atoms with van der Waals surface area (Å²) in [6, 6.07) is 8.79. The number of hydrogen-bond acceptors (Lipinski definition) is 8. The van der Waals surface area contributed by atoms with E-state index in [4.69, 9.17) is 18.9 Å². The summed E-state index contributed by atoms with van der Waals surface area (Å²) in [5.41, 5.74) is 3.24. The molecule has 0 unspecified atom stereocenters. The van der Waals surface area contributed by atoms with Gasteiger partial charge in [0.25, 0.3) is 0 Å². The van der Waals surface area contributed by atoms with Crippen LogP contribution in [0.1, 0.15) is 12.5 Å². The number of phenols is 1. The molecule has 0 radical (unpaired) electrons. The Bertz CT molecular complexity index is 1220. The van der Waals surface area contributed by atoms with Gasteiger partial charge in [-0.05, 0) is 42.8 Å². The van der Waals surface area contributed by atoms with Crippen LogP contribution in [0.25, 0.3) is 11.3 Å². The Kier molecular flexibility index (Phi) is 7.78. The molecule has 1 aromatic heterocycles. The lowest BCUT2D eigenvalue weighted by Gasteiger charge is -2.14. The van der Waals surface area contributed by atoms with E-state index in [0.717, 1.165) is 16.8 Å². The molecule has 3 aromatic rings. The average molecular weight is 470 g/mol. The molecule has 0 aliphatic carbocycles. The summed E-state index contributed by atoms with van der Waals surface area (Å²) in [4.78, 5) is 5.33. The normalized spacial score (nSPS) is 11.6. The number of methoxy groups -OCH3 is 4. The van der Waals surface area contributed by atoms with Crippen molar-refractivity contribution in [2.24, 2.45) is 10.1 Å². The fourth-order valence-corrected chi connectivity index (χ4v) is 3.90. The van der Waals surface area contributed by atoms with Crippen molar-refractivity contribution >= 4 is 17.6 Å². The van der Waals surface area contributed by atoms with Crippen LogP contribution in [0.2, 0.25) is 0 Å². The van der Waals surface area contributed by atoms with Crippen molar-refractivity contribution in [3.05, 3.63) is 58.2 Å².